The highest BCUT2D eigenvalue weighted by atomic mass is 32.2. The Hall–Kier alpha value is -3.11. The van der Waals surface area contributed by atoms with Gasteiger partial charge >= 0.3 is 0 Å². The van der Waals surface area contributed by atoms with E-state index in [1.54, 1.807) is 11.0 Å². The largest absolute Gasteiger partial charge is 0.490 e. The first-order valence-electron chi connectivity index (χ1n) is 10.9. The van der Waals surface area contributed by atoms with Crippen molar-refractivity contribution in [1.82, 2.24) is 14.9 Å². The lowest BCUT2D eigenvalue weighted by Crippen LogP contribution is -2.40. The number of hydrogen-bond donors (Lipinski definition) is 2. The second-order valence-electron chi connectivity index (χ2n) is 7.48. The van der Waals surface area contributed by atoms with Crippen LogP contribution in [0, 0.1) is 0 Å². The van der Waals surface area contributed by atoms with Gasteiger partial charge in [-0.05, 0) is 24.6 Å². The van der Waals surface area contributed by atoms with Crippen molar-refractivity contribution in [3.8, 4) is 11.5 Å². The molecule has 2 amide bonds. The normalized spacial score (nSPS) is 13.1. The Balaban J connectivity index is 1.45. The summed E-state index contributed by atoms with van der Waals surface area (Å²) in [5.41, 5.74) is 1.00. The SMILES string of the molecule is CCN(Cc1ccccc1)C(=O)CNC(=O)CCNS(=O)(=O)c1ccc2c(c1)OCCCO2. The maximum absolute atomic E-state index is 12.6. The van der Waals surface area contributed by atoms with Crippen LogP contribution in [0.4, 0.5) is 0 Å². The summed E-state index contributed by atoms with van der Waals surface area (Å²) < 4.78 is 38.5. The van der Waals surface area contributed by atoms with Crippen molar-refractivity contribution in [3.05, 3.63) is 54.1 Å². The monoisotopic (exact) mass is 475 g/mol. The molecule has 0 atom stereocenters. The Kier molecular flexibility index (Phi) is 8.67. The molecule has 10 heteroatoms. The van der Waals surface area contributed by atoms with Crippen molar-refractivity contribution in [2.24, 2.45) is 0 Å². The fraction of sp³-hybridized carbons (Fsp3) is 0.391. The molecule has 0 saturated carbocycles. The topological polar surface area (TPSA) is 114 Å². The van der Waals surface area contributed by atoms with E-state index in [4.69, 9.17) is 9.47 Å². The fourth-order valence-corrected chi connectivity index (χ4v) is 4.29. The highest BCUT2D eigenvalue weighted by Gasteiger charge is 2.19. The van der Waals surface area contributed by atoms with Gasteiger partial charge in [0.05, 0.1) is 24.7 Å². The second kappa shape index (κ2) is 11.7. The van der Waals surface area contributed by atoms with E-state index in [0.29, 0.717) is 37.8 Å². The molecule has 0 bridgehead atoms. The van der Waals surface area contributed by atoms with E-state index in [2.05, 4.69) is 10.0 Å². The number of benzene rings is 2. The van der Waals surface area contributed by atoms with Crippen LogP contribution in [0.2, 0.25) is 0 Å². The van der Waals surface area contributed by atoms with Gasteiger partial charge in [0.1, 0.15) is 0 Å². The van der Waals surface area contributed by atoms with Crippen molar-refractivity contribution >= 4 is 21.8 Å². The zero-order valence-corrected chi connectivity index (χ0v) is 19.4. The molecule has 33 heavy (non-hydrogen) atoms. The van der Waals surface area contributed by atoms with E-state index in [1.165, 1.54) is 12.1 Å². The van der Waals surface area contributed by atoms with E-state index >= 15 is 0 Å². The van der Waals surface area contributed by atoms with Crippen molar-refractivity contribution in [3.63, 3.8) is 0 Å². The lowest BCUT2D eigenvalue weighted by molar-refractivity contribution is -0.133. The highest BCUT2D eigenvalue weighted by molar-refractivity contribution is 7.89. The fourth-order valence-electron chi connectivity index (χ4n) is 3.25. The molecule has 2 aromatic rings. The minimum atomic E-state index is -3.83. The van der Waals surface area contributed by atoms with Gasteiger partial charge in [-0.15, -0.1) is 0 Å². The Morgan fingerprint density at radius 1 is 1.03 bits per heavy atom. The van der Waals surface area contributed by atoms with Crippen LogP contribution < -0.4 is 19.5 Å². The number of ether oxygens (including phenoxy) is 2. The average molecular weight is 476 g/mol. The third-order valence-electron chi connectivity index (χ3n) is 5.06. The number of carbonyl (C=O) groups excluding carboxylic acids is 2. The first kappa shape index (κ1) is 24.5. The molecule has 1 aliphatic rings. The molecule has 3 rings (SSSR count). The minimum Gasteiger partial charge on any atom is -0.490 e. The molecule has 0 saturated heterocycles. The summed E-state index contributed by atoms with van der Waals surface area (Å²) in [6, 6.07) is 14.0. The van der Waals surface area contributed by atoms with Gasteiger partial charge in [-0.3, -0.25) is 9.59 Å². The molecular formula is C23H29N3O6S. The molecule has 0 aliphatic carbocycles. The molecule has 0 unspecified atom stereocenters. The number of nitrogens with one attached hydrogen (secondary N) is 2. The quantitative estimate of drug-likeness (QED) is 0.541. The zero-order chi connectivity index (χ0) is 23.7. The van der Waals surface area contributed by atoms with Crippen molar-refractivity contribution in [2.75, 3.05) is 32.8 Å². The van der Waals surface area contributed by atoms with Gasteiger partial charge in [-0.2, -0.15) is 0 Å². The minimum absolute atomic E-state index is 0.0295. The van der Waals surface area contributed by atoms with Gasteiger partial charge in [-0.25, -0.2) is 13.1 Å². The van der Waals surface area contributed by atoms with Crippen molar-refractivity contribution in [1.29, 1.82) is 0 Å². The summed E-state index contributed by atoms with van der Waals surface area (Å²) in [6.07, 6.45) is 0.622. The Morgan fingerprint density at radius 3 is 2.48 bits per heavy atom. The maximum Gasteiger partial charge on any atom is 0.242 e. The Labute approximate surface area is 194 Å². The van der Waals surface area contributed by atoms with Crippen LogP contribution in [0.3, 0.4) is 0 Å². The van der Waals surface area contributed by atoms with Crippen LogP contribution in [0.1, 0.15) is 25.3 Å². The van der Waals surface area contributed by atoms with Crippen LogP contribution in [-0.4, -0.2) is 58.0 Å². The molecule has 178 valence electrons. The maximum atomic E-state index is 12.6. The molecule has 2 aromatic carbocycles. The molecule has 1 aliphatic heterocycles. The van der Waals surface area contributed by atoms with Crippen molar-refractivity contribution < 1.29 is 27.5 Å². The lowest BCUT2D eigenvalue weighted by atomic mass is 10.2. The number of nitrogens with zero attached hydrogens (tertiary/aromatic N) is 1. The van der Waals surface area contributed by atoms with E-state index in [9.17, 15) is 18.0 Å². The number of hydrogen-bond acceptors (Lipinski definition) is 6. The van der Waals surface area contributed by atoms with E-state index < -0.39 is 15.9 Å². The first-order valence-corrected chi connectivity index (χ1v) is 12.3. The molecule has 9 nitrogen and oxygen atoms in total. The predicted octanol–water partition coefficient (Wildman–Crippen LogP) is 1.68. The van der Waals surface area contributed by atoms with Gasteiger partial charge < -0.3 is 19.7 Å². The highest BCUT2D eigenvalue weighted by Crippen LogP contribution is 2.31. The van der Waals surface area contributed by atoms with Crippen LogP contribution in [-0.2, 0) is 26.2 Å². The second-order valence-corrected chi connectivity index (χ2v) is 9.24. The lowest BCUT2D eigenvalue weighted by Gasteiger charge is -2.21. The summed E-state index contributed by atoms with van der Waals surface area (Å²) in [5, 5.41) is 2.56. The Morgan fingerprint density at radius 2 is 1.76 bits per heavy atom. The van der Waals surface area contributed by atoms with E-state index in [1.807, 2.05) is 37.3 Å². The van der Waals surface area contributed by atoms with Crippen LogP contribution >= 0.6 is 0 Å². The summed E-state index contributed by atoms with van der Waals surface area (Å²) in [6.45, 7) is 3.56. The number of carbonyl (C=O) groups is 2. The molecule has 0 spiro atoms. The molecule has 0 aromatic heterocycles. The van der Waals surface area contributed by atoms with Crippen LogP contribution in [0.15, 0.2) is 53.4 Å². The summed E-state index contributed by atoms with van der Waals surface area (Å²) in [7, 11) is -3.83. The predicted molar refractivity (Wildman–Crippen MR) is 122 cm³/mol. The van der Waals surface area contributed by atoms with Crippen LogP contribution in [0.5, 0.6) is 11.5 Å². The van der Waals surface area contributed by atoms with Crippen molar-refractivity contribution in [2.45, 2.75) is 31.2 Å². The molecule has 0 radical (unpaired) electrons. The van der Waals surface area contributed by atoms with E-state index in [-0.39, 0.29) is 30.3 Å². The summed E-state index contributed by atoms with van der Waals surface area (Å²) in [5.74, 6) is 0.259. The average Bonchev–Trinajstić information content (AvgIpc) is 3.06. The number of likely N-dealkylation sites (N-methyl/N-ethyl adjacent to an activating group) is 1. The number of amides is 2. The third kappa shape index (κ3) is 7.19. The Bertz CT molecular complexity index is 1060. The number of sulfonamides is 1. The summed E-state index contributed by atoms with van der Waals surface area (Å²) in [4.78, 5) is 26.2. The molecule has 0 fully saturated rings. The first-order chi connectivity index (χ1) is 15.9. The molecule has 1 heterocycles. The molecule has 2 N–H and O–H groups in total. The van der Waals surface area contributed by atoms with Crippen LogP contribution in [0.25, 0.3) is 0 Å². The van der Waals surface area contributed by atoms with E-state index in [0.717, 1.165) is 12.0 Å². The van der Waals surface area contributed by atoms with Gasteiger partial charge in [0, 0.05) is 38.5 Å². The standard InChI is InChI=1S/C23H29N3O6S/c1-2-26(17-18-7-4-3-5-8-18)23(28)16-24-22(27)11-12-25-33(29,30)19-9-10-20-21(15-19)32-14-6-13-31-20/h3-5,7-10,15,25H,2,6,11-14,16-17H2,1H3,(H,24,27). The van der Waals surface area contributed by atoms with Gasteiger partial charge in [0.25, 0.3) is 0 Å². The van der Waals surface area contributed by atoms with Gasteiger partial charge in [-0.1, -0.05) is 30.3 Å². The number of fused-ring (bicyclic) bond motifs is 1. The molecular weight excluding hydrogens is 446 g/mol. The summed E-state index contributed by atoms with van der Waals surface area (Å²) >= 11 is 0. The van der Waals surface area contributed by atoms with Gasteiger partial charge in [0.15, 0.2) is 11.5 Å². The zero-order valence-electron chi connectivity index (χ0n) is 18.6. The number of rotatable bonds is 10. The smallest absolute Gasteiger partial charge is 0.242 e. The van der Waals surface area contributed by atoms with Gasteiger partial charge in [0.2, 0.25) is 21.8 Å². The third-order valence-corrected chi connectivity index (χ3v) is 6.52.